The second kappa shape index (κ2) is 4.23. The minimum absolute atomic E-state index is 0.709. The highest BCUT2D eigenvalue weighted by atomic mass is 15.7. The van der Waals surface area contributed by atoms with E-state index in [-0.39, 0.29) is 0 Å². The van der Waals surface area contributed by atoms with Gasteiger partial charge in [-0.3, -0.25) is 0 Å². The van der Waals surface area contributed by atoms with Gasteiger partial charge in [0.15, 0.2) is 0 Å². The van der Waals surface area contributed by atoms with Crippen LogP contribution in [0.4, 0.5) is 0 Å². The molecule has 0 unspecified atom stereocenters. The van der Waals surface area contributed by atoms with Crippen molar-refractivity contribution in [2.24, 2.45) is 15.4 Å². The Labute approximate surface area is 48.9 Å². The quantitative estimate of drug-likeness (QED) is 0.305. The summed E-state index contributed by atoms with van der Waals surface area (Å²) in [5.74, 6) is 0. The molecule has 0 aromatic heterocycles. The Bertz CT molecular complexity index is 88.0. The van der Waals surface area contributed by atoms with E-state index in [2.05, 4.69) is 22.2 Å². The Morgan fingerprint density at radius 2 is 2.25 bits per heavy atom. The SMILES string of the molecule is C=NN(CC)N=NC. The van der Waals surface area contributed by atoms with Gasteiger partial charge < -0.3 is 0 Å². The van der Waals surface area contributed by atoms with Crippen LogP contribution < -0.4 is 0 Å². The van der Waals surface area contributed by atoms with Gasteiger partial charge in [-0.2, -0.15) is 15.3 Å². The average molecular weight is 114 g/mol. The van der Waals surface area contributed by atoms with Gasteiger partial charge in [0.2, 0.25) is 0 Å². The first-order valence-electron chi connectivity index (χ1n) is 2.39. The van der Waals surface area contributed by atoms with Crippen LogP contribution in [0.15, 0.2) is 15.4 Å². The molecule has 0 heterocycles. The molecule has 0 aromatic rings. The Morgan fingerprint density at radius 3 is 2.38 bits per heavy atom. The fraction of sp³-hybridized carbons (Fsp3) is 0.750. The van der Waals surface area contributed by atoms with Crippen LogP contribution in [0.2, 0.25) is 0 Å². The molecule has 0 aliphatic heterocycles. The highest BCUT2D eigenvalue weighted by Crippen LogP contribution is 1.86. The second-order valence-electron chi connectivity index (χ2n) is 1.12. The maximum Gasteiger partial charge on any atom is 0.0595 e. The third-order valence-electron chi connectivity index (χ3n) is 0.639. The molecule has 0 spiro atoms. The van der Waals surface area contributed by atoms with Gasteiger partial charge in [0.1, 0.15) is 0 Å². The molecule has 0 radical (unpaired) electrons. The number of hydrogen-bond donors (Lipinski definition) is 0. The van der Waals surface area contributed by atoms with Crippen molar-refractivity contribution in [3.63, 3.8) is 0 Å². The maximum atomic E-state index is 3.59. The summed E-state index contributed by atoms with van der Waals surface area (Å²) in [7, 11) is 1.59. The molecule has 0 fully saturated rings. The summed E-state index contributed by atoms with van der Waals surface area (Å²) in [5, 5.41) is 12.0. The molecule has 0 saturated carbocycles. The fourth-order valence-electron chi connectivity index (χ4n) is 0.295. The van der Waals surface area contributed by atoms with Gasteiger partial charge in [-0.05, 0) is 6.92 Å². The molecule has 0 atom stereocenters. The molecule has 4 nitrogen and oxygen atoms in total. The van der Waals surface area contributed by atoms with Crippen LogP contribution in [0.25, 0.3) is 0 Å². The number of rotatable bonds is 3. The second-order valence-corrected chi connectivity index (χ2v) is 1.12. The van der Waals surface area contributed by atoms with Crippen molar-refractivity contribution in [3.05, 3.63) is 0 Å². The summed E-state index contributed by atoms with van der Waals surface area (Å²) in [6.07, 6.45) is 0. The zero-order valence-corrected chi connectivity index (χ0v) is 5.20. The van der Waals surface area contributed by atoms with Crippen molar-refractivity contribution in [3.8, 4) is 0 Å². The molecule has 0 saturated heterocycles. The van der Waals surface area contributed by atoms with E-state index in [4.69, 9.17) is 0 Å². The lowest BCUT2D eigenvalue weighted by atomic mass is 10.8. The largest absolute Gasteiger partial charge is 0.173 e. The van der Waals surface area contributed by atoms with Crippen LogP contribution in [-0.4, -0.2) is 25.4 Å². The summed E-state index contributed by atoms with van der Waals surface area (Å²) in [6, 6.07) is 0. The number of hydrazone groups is 1. The summed E-state index contributed by atoms with van der Waals surface area (Å²) >= 11 is 0. The third-order valence-corrected chi connectivity index (χ3v) is 0.639. The van der Waals surface area contributed by atoms with Crippen LogP contribution in [0, 0.1) is 0 Å². The van der Waals surface area contributed by atoms with E-state index in [1.54, 1.807) is 7.05 Å². The molecular formula is C4H10N4. The Balaban J connectivity index is 3.52. The zero-order valence-electron chi connectivity index (χ0n) is 5.20. The molecule has 0 N–H and O–H groups in total. The first kappa shape index (κ1) is 7.07. The minimum atomic E-state index is 0.709. The van der Waals surface area contributed by atoms with Crippen molar-refractivity contribution in [1.82, 2.24) is 5.12 Å². The third kappa shape index (κ3) is 2.28. The molecule has 8 heavy (non-hydrogen) atoms. The van der Waals surface area contributed by atoms with Gasteiger partial charge >= 0.3 is 0 Å². The first-order chi connectivity index (χ1) is 3.85. The van der Waals surface area contributed by atoms with Crippen LogP contribution >= 0.6 is 0 Å². The predicted molar refractivity (Wildman–Crippen MR) is 32.7 cm³/mol. The monoisotopic (exact) mass is 114 g/mol. The average Bonchev–Trinajstić information content (AvgIpc) is 1.83. The standard InChI is InChI=1S/C4H10N4/c1-4-8(6-3)7-5-2/h3-4H2,1-2H3. The summed E-state index contributed by atoms with van der Waals surface area (Å²) in [6.45, 7) is 5.90. The van der Waals surface area contributed by atoms with E-state index >= 15 is 0 Å². The maximum absolute atomic E-state index is 3.59. The van der Waals surface area contributed by atoms with E-state index in [1.165, 1.54) is 5.12 Å². The number of nitrogens with zero attached hydrogens (tertiary/aromatic N) is 4. The predicted octanol–water partition coefficient (Wildman–Crippen LogP) is 0.921. The van der Waals surface area contributed by atoms with E-state index in [0.717, 1.165) is 0 Å². The highest BCUT2D eigenvalue weighted by molar-refractivity contribution is 5.22. The van der Waals surface area contributed by atoms with Crippen molar-refractivity contribution < 1.29 is 0 Å². The normalized spacial score (nSPS) is 9.75. The molecule has 0 bridgehead atoms. The molecule has 0 aliphatic rings. The minimum Gasteiger partial charge on any atom is -0.173 e. The molecule has 0 amide bonds. The number of hydrogen-bond acceptors (Lipinski definition) is 3. The van der Waals surface area contributed by atoms with Crippen molar-refractivity contribution >= 4 is 6.72 Å². The summed E-state index contributed by atoms with van der Waals surface area (Å²) in [4.78, 5) is 0. The lowest BCUT2D eigenvalue weighted by molar-refractivity contribution is 0.301. The molecule has 0 aromatic carbocycles. The van der Waals surface area contributed by atoms with Gasteiger partial charge in [0.05, 0.1) is 13.6 Å². The van der Waals surface area contributed by atoms with Crippen molar-refractivity contribution in [2.75, 3.05) is 13.6 Å². The van der Waals surface area contributed by atoms with Gasteiger partial charge in [-0.25, -0.2) is 0 Å². The van der Waals surface area contributed by atoms with E-state index in [9.17, 15) is 0 Å². The van der Waals surface area contributed by atoms with Crippen molar-refractivity contribution in [2.45, 2.75) is 6.92 Å². The van der Waals surface area contributed by atoms with Gasteiger partial charge in [0.25, 0.3) is 0 Å². The Kier molecular flexibility index (Phi) is 3.74. The first-order valence-corrected chi connectivity index (χ1v) is 2.39. The highest BCUT2D eigenvalue weighted by Gasteiger charge is 1.85. The Morgan fingerprint density at radius 1 is 1.62 bits per heavy atom. The smallest absolute Gasteiger partial charge is 0.0595 e. The van der Waals surface area contributed by atoms with Gasteiger partial charge in [-0.1, -0.05) is 5.22 Å². The lowest BCUT2D eigenvalue weighted by Crippen LogP contribution is -2.06. The van der Waals surface area contributed by atoms with Gasteiger partial charge in [0, 0.05) is 6.72 Å². The lowest BCUT2D eigenvalue weighted by Gasteiger charge is -2.03. The molecular weight excluding hydrogens is 104 g/mol. The van der Waals surface area contributed by atoms with E-state index < -0.39 is 0 Å². The molecule has 0 aliphatic carbocycles. The van der Waals surface area contributed by atoms with E-state index in [1.807, 2.05) is 6.92 Å². The van der Waals surface area contributed by atoms with E-state index in [0.29, 0.717) is 6.54 Å². The van der Waals surface area contributed by atoms with Crippen LogP contribution in [-0.2, 0) is 0 Å². The van der Waals surface area contributed by atoms with Crippen molar-refractivity contribution in [1.29, 1.82) is 0 Å². The van der Waals surface area contributed by atoms with Crippen LogP contribution in [0.1, 0.15) is 6.92 Å². The molecule has 0 rings (SSSR count). The molecule has 4 heteroatoms. The molecule has 46 valence electrons. The zero-order chi connectivity index (χ0) is 6.41. The topological polar surface area (TPSA) is 40.3 Å². The summed E-state index contributed by atoms with van der Waals surface area (Å²) in [5.41, 5.74) is 0. The summed E-state index contributed by atoms with van der Waals surface area (Å²) < 4.78 is 0. The Hall–Kier alpha value is -0.930. The fourth-order valence-corrected chi connectivity index (χ4v) is 0.295. The van der Waals surface area contributed by atoms with Crippen LogP contribution in [0.5, 0.6) is 0 Å². The van der Waals surface area contributed by atoms with Gasteiger partial charge in [-0.15, -0.1) is 0 Å². The van der Waals surface area contributed by atoms with Crippen LogP contribution in [0.3, 0.4) is 0 Å².